The topological polar surface area (TPSA) is 14.2 Å². The van der Waals surface area contributed by atoms with E-state index in [4.69, 9.17) is 17.0 Å². The van der Waals surface area contributed by atoms with Crippen LogP contribution in [0.2, 0.25) is 0 Å². The first-order valence-corrected chi connectivity index (χ1v) is 7.50. The van der Waals surface area contributed by atoms with Crippen LogP contribution in [0.25, 0.3) is 0 Å². The zero-order chi connectivity index (χ0) is 13.9. The highest BCUT2D eigenvalue weighted by Gasteiger charge is 2.24. The Bertz CT molecular complexity index is 469. The third-order valence-corrected chi connectivity index (χ3v) is 4.42. The predicted molar refractivity (Wildman–Crippen MR) is 81.0 cm³/mol. The van der Waals surface area contributed by atoms with Crippen LogP contribution in [0.4, 0.5) is 0 Å². The average Bonchev–Trinajstić information content (AvgIpc) is 2.33. The maximum atomic E-state index is 5.45. The molecule has 0 radical (unpaired) electrons. The van der Waals surface area contributed by atoms with Gasteiger partial charge in [0.15, 0.2) is 0 Å². The molecule has 0 saturated carbocycles. The molecule has 0 bridgehead atoms. The molecule has 1 aliphatic heterocycles. The van der Waals surface area contributed by atoms with E-state index in [1.165, 1.54) is 24.4 Å². The van der Waals surface area contributed by atoms with E-state index < -0.39 is 0 Å². The monoisotopic (exact) mass is 316 g/mol. The van der Waals surface area contributed by atoms with Gasteiger partial charge in [-0.1, -0.05) is 12.2 Å². The minimum atomic E-state index is 0. The lowest BCUT2D eigenvalue weighted by atomic mass is 10.2. The van der Waals surface area contributed by atoms with E-state index >= 15 is 0 Å². The van der Waals surface area contributed by atoms with Crippen molar-refractivity contribution in [1.82, 2.24) is 4.57 Å². The summed E-state index contributed by atoms with van der Waals surface area (Å²) in [7, 11) is 2.35. The third kappa shape index (κ3) is 4.55. The minimum Gasteiger partial charge on any atom is -1.00 e. The van der Waals surface area contributed by atoms with Crippen LogP contribution in [0.1, 0.15) is 17.8 Å². The summed E-state index contributed by atoms with van der Waals surface area (Å²) in [5.74, 6) is 0. The van der Waals surface area contributed by atoms with Crippen LogP contribution in [0.3, 0.4) is 0 Å². The highest BCUT2D eigenvalue weighted by atomic mass is 35.5. The van der Waals surface area contributed by atoms with Crippen molar-refractivity contribution >= 4 is 12.2 Å². The van der Waals surface area contributed by atoms with Crippen LogP contribution in [-0.4, -0.2) is 48.9 Å². The molecule has 1 aliphatic rings. The van der Waals surface area contributed by atoms with Gasteiger partial charge in [0.25, 0.3) is 0 Å². The van der Waals surface area contributed by atoms with Crippen molar-refractivity contribution in [2.45, 2.75) is 26.8 Å². The molecule has 0 spiro atoms. The summed E-state index contributed by atoms with van der Waals surface area (Å²) in [5.41, 5.74) is 2.55. The largest absolute Gasteiger partial charge is 1.00 e. The van der Waals surface area contributed by atoms with E-state index in [2.05, 4.69) is 37.6 Å². The van der Waals surface area contributed by atoms with Crippen molar-refractivity contribution in [3.8, 4) is 0 Å². The molecule has 0 unspecified atom stereocenters. The Hall–Kier alpha value is -0.420. The van der Waals surface area contributed by atoms with Crippen molar-refractivity contribution in [1.29, 1.82) is 0 Å². The number of halogens is 1. The lowest BCUT2D eigenvalue weighted by Crippen LogP contribution is -3.00. The molecule has 0 amide bonds. The van der Waals surface area contributed by atoms with E-state index in [0.717, 1.165) is 41.8 Å². The Labute approximate surface area is 133 Å². The van der Waals surface area contributed by atoms with E-state index in [-0.39, 0.29) is 12.4 Å². The smallest absolute Gasteiger partial charge is 0.102 e. The third-order valence-electron chi connectivity index (χ3n) is 4.18. The molecule has 0 atom stereocenters. The number of ether oxygens (including phenoxy) is 1. The van der Waals surface area contributed by atoms with Crippen molar-refractivity contribution in [2.75, 3.05) is 39.9 Å². The van der Waals surface area contributed by atoms with Crippen LogP contribution in [-0.2, 0) is 11.3 Å². The van der Waals surface area contributed by atoms with Crippen LogP contribution in [0.15, 0.2) is 12.1 Å². The second kappa shape index (κ2) is 7.55. The number of likely N-dealkylation sites (N-methyl/N-ethyl adjacent to an activating group) is 1. The summed E-state index contributed by atoms with van der Waals surface area (Å²) < 4.78 is 9.92. The Balaban J connectivity index is 0.00000200. The zero-order valence-electron chi connectivity index (χ0n) is 12.7. The van der Waals surface area contributed by atoms with Gasteiger partial charge in [0.05, 0.1) is 26.8 Å². The molecule has 5 heteroatoms. The van der Waals surface area contributed by atoms with Crippen LogP contribution < -0.4 is 12.4 Å². The maximum Gasteiger partial charge on any atom is 0.102 e. The number of aromatic nitrogens is 1. The van der Waals surface area contributed by atoms with E-state index in [9.17, 15) is 0 Å². The van der Waals surface area contributed by atoms with Crippen LogP contribution in [0.5, 0.6) is 0 Å². The quantitative estimate of drug-likeness (QED) is 0.560. The van der Waals surface area contributed by atoms with Gasteiger partial charge in [0.2, 0.25) is 0 Å². The Morgan fingerprint density at radius 2 is 1.75 bits per heavy atom. The summed E-state index contributed by atoms with van der Waals surface area (Å²) in [6.45, 7) is 10.7. The molecule has 1 saturated heterocycles. The molecule has 114 valence electrons. The van der Waals surface area contributed by atoms with Gasteiger partial charge in [-0.15, -0.1) is 0 Å². The molecular weight excluding hydrogens is 292 g/mol. The van der Waals surface area contributed by atoms with Crippen molar-refractivity contribution in [3.05, 3.63) is 28.0 Å². The molecular formula is C15H25ClN2OS. The fourth-order valence-electron chi connectivity index (χ4n) is 2.86. The van der Waals surface area contributed by atoms with Crippen molar-refractivity contribution < 1.29 is 21.6 Å². The van der Waals surface area contributed by atoms with Gasteiger partial charge < -0.3 is 26.2 Å². The first-order valence-electron chi connectivity index (χ1n) is 7.10. The van der Waals surface area contributed by atoms with Gasteiger partial charge in [0, 0.05) is 28.9 Å². The second-order valence-electron chi connectivity index (χ2n) is 5.88. The average molecular weight is 317 g/mol. The van der Waals surface area contributed by atoms with Crippen molar-refractivity contribution in [3.63, 3.8) is 0 Å². The van der Waals surface area contributed by atoms with Gasteiger partial charge in [-0.3, -0.25) is 0 Å². The lowest BCUT2D eigenvalue weighted by Gasteiger charge is -2.37. The molecule has 2 rings (SSSR count). The summed E-state index contributed by atoms with van der Waals surface area (Å²) in [4.78, 5) is 0. The summed E-state index contributed by atoms with van der Waals surface area (Å²) in [5, 5.41) is 0. The zero-order valence-corrected chi connectivity index (χ0v) is 14.3. The number of morpholine rings is 1. The fraction of sp³-hybridized carbons (Fsp3) is 0.667. The van der Waals surface area contributed by atoms with Gasteiger partial charge in [-0.05, 0) is 26.0 Å². The molecule has 3 nitrogen and oxygen atoms in total. The Morgan fingerprint density at radius 3 is 2.30 bits per heavy atom. The van der Waals surface area contributed by atoms with Crippen molar-refractivity contribution in [2.24, 2.45) is 0 Å². The summed E-state index contributed by atoms with van der Waals surface area (Å²) in [6.07, 6.45) is 1.21. The van der Waals surface area contributed by atoms with E-state index in [1.807, 2.05) is 0 Å². The molecule has 1 fully saturated rings. The molecule has 0 aromatic carbocycles. The van der Waals surface area contributed by atoms with Crippen LogP contribution in [0, 0.1) is 18.4 Å². The lowest BCUT2D eigenvalue weighted by molar-refractivity contribution is -0.917. The van der Waals surface area contributed by atoms with E-state index in [0.29, 0.717) is 0 Å². The second-order valence-corrected chi connectivity index (χ2v) is 6.35. The summed E-state index contributed by atoms with van der Waals surface area (Å²) in [6, 6.07) is 4.18. The number of rotatable bonds is 4. The van der Waals surface area contributed by atoms with Gasteiger partial charge in [0.1, 0.15) is 13.1 Å². The van der Waals surface area contributed by atoms with Gasteiger partial charge in [-0.2, -0.15) is 0 Å². The molecule has 0 aliphatic carbocycles. The fourth-order valence-corrected chi connectivity index (χ4v) is 3.20. The highest BCUT2D eigenvalue weighted by Crippen LogP contribution is 2.12. The number of nitrogens with zero attached hydrogens (tertiary/aromatic N) is 2. The molecule has 0 N–H and O–H groups in total. The molecule has 1 aromatic heterocycles. The predicted octanol–water partition coefficient (Wildman–Crippen LogP) is -0.295. The number of hydrogen-bond donors (Lipinski definition) is 0. The molecule has 2 heterocycles. The number of pyridine rings is 1. The standard InChI is InChI=1S/C15H25N2OS.ClH/c1-13-11-15(19)12-14(2)16(13)5-4-6-17(3)7-9-18-10-8-17;/h11-12H,4-10H2,1-3H3;1H/q+1;/p-1. The molecule has 20 heavy (non-hydrogen) atoms. The molecule has 1 aromatic rings. The summed E-state index contributed by atoms with van der Waals surface area (Å²) >= 11 is 5.25. The minimum absolute atomic E-state index is 0. The van der Waals surface area contributed by atoms with E-state index in [1.54, 1.807) is 0 Å². The van der Waals surface area contributed by atoms with Gasteiger partial charge in [-0.25, -0.2) is 0 Å². The first kappa shape index (κ1) is 17.6. The Kier molecular flexibility index (Phi) is 6.65. The normalized spacial score (nSPS) is 17.6. The number of quaternary nitrogens is 1. The SMILES string of the molecule is Cc1cc(=S)cc(C)n1CCC[N+]1(C)CCOCC1.[Cl-]. The maximum absolute atomic E-state index is 5.45. The van der Waals surface area contributed by atoms with Gasteiger partial charge >= 0.3 is 0 Å². The highest BCUT2D eigenvalue weighted by molar-refractivity contribution is 7.71. The Morgan fingerprint density at radius 1 is 1.20 bits per heavy atom. The number of hydrogen-bond acceptors (Lipinski definition) is 2. The first-order chi connectivity index (χ1) is 9.00. The van der Waals surface area contributed by atoms with Crippen LogP contribution >= 0.6 is 12.2 Å². The number of aryl methyl sites for hydroxylation is 2.